The van der Waals surface area contributed by atoms with E-state index in [9.17, 15) is 5.11 Å². The highest BCUT2D eigenvalue weighted by atomic mass is 16.4. The summed E-state index contributed by atoms with van der Waals surface area (Å²) in [5.41, 5.74) is 4.82. The first-order valence-electron chi connectivity index (χ1n) is 5.90. The summed E-state index contributed by atoms with van der Waals surface area (Å²) in [7, 11) is 0. The molecule has 1 rings (SSSR count). The molecule has 1 aliphatic rings. The van der Waals surface area contributed by atoms with Crippen molar-refractivity contribution in [2.45, 2.75) is 51.2 Å². The minimum Gasteiger partial charge on any atom is -0.409 e. The molecular weight excluding hydrogens is 206 g/mol. The lowest BCUT2D eigenvalue weighted by Crippen LogP contribution is -2.49. The molecule has 94 valence electrons. The Hall–Kier alpha value is -0.810. The molecule has 16 heavy (non-hydrogen) atoms. The summed E-state index contributed by atoms with van der Waals surface area (Å²) in [5.74, 6) is 0.856. The van der Waals surface area contributed by atoms with Gasteiger partial charge in [-0.2, -0.15) is 0 Å². The van der Waals surface area contributed by atoms with Crippen LogP contribution in [0.1, 0.15) is 39.5 Å². The molecule has 0 radical (unpaired) electrons. The van der Waals surface area contributed by atoms with Gasteiger partial charge in [-0.05, 0) is 38.5 Å². The highest BCUT2D eigenvalue weighted by Gasteiger charge is 2.31. The summed E-state index contributed by atoms with van der Waals surface area (Å²) in [6.07, 6.45) is 3.78. The van der Waals surface area contributed by atoms with Gasteiger partial charge >= 0.3 is 0 Å². The Balaban J connectivity index is 2.37. The number of nitrogens with one attached hydrogen (secondary N) is 1. The largest absolute Gasteiger partial charge is 0.409 e. The highest BCUT2D eigenvalue weighted by molar-refractivity contribution is 5.84. The number of aliphatic hydroxyl groups is 1. The first-order valence-corrected chi connectivity index (χ1v) is 5.90. The van der Waals surface area contributed by atoms with Crippen molar-refractivity contribution in [3.63, 3.8) is 0 Å². The Kier molecular flexibility index (Phi) is 4.56. The summed E-state index contributed by atoms with van der Waals surface area (Å²) in [4.78, 5) is 0. The molecular formula is C11H23N3O2. The van der Waals surface area contributed by atoms with Gasteiger partial charge in [0.1, 0.15) is 0 Å². The molecule has 5 nitrogen and oxygen atoms in total. The van der Waals surface area contributed by atoms with E-state index in [-0.39, 0.29) is 11.9 Å². The first-order chi connectivity index (χ1) is 7.47. The maximum absolute atomic E-state index is 10.3. The van der Waals surface area contributed by atoms with Crippen LogP contribution in [0.15, 0.2) is 5.16 Å². The smallest absolute Gasteiger partial charge is 0.156 e. The third-order valence-corrected chi connectivity index (χ3v) is 3.50. The first kappa shape index (κ1) is 13.3. The van der Waals surface area contributed by atoms with Gasteiger partial charge in [-0.15, -0.1) is 0 Å². The van der Waals surface area contributed by atoms with E-state index in [1.54, 1.807) is 0 Å². The summed E-state index contributed by atoms with van der Waals surface area (Å²) in [5, 5.41) is 24.8. The summed E-state index contributed by atoms with van der Waals surface area (Å²) < 4.78 is 0. The van der Waals surface area contributed by atoms with Crippen LogP contribution in [0.4, 0.5) is 0 Å². The van der Waals surface area contributed by atoms with E-state index < -0.39 is 5.60 Å². The van der Waals surface area contributed by atoms with Gasteiger partial charge in [0, 0.05) is 6.54 Å². The Morgan fingerprint density at radius 2 is 2.12 bits per heavy atom. The average molecular weight is 229 g/mol. The van der Waals surface area contributed by atoms with E-state index >= 15 is 0 Å². The normalized spacial score (nSPS) is 33.7. The molecule has 1 saturated carbocycles. The van der Waals surface area contributed by atoms with Crippen LogP contribution in [0.2, 0.25) is 0 Å². The Labute approximate surface area is 96.7 Å². The molecule has 1 fully saturated rings. The molecule has 0 aliphatic heterocycles. The fourth-order valence-electron chi connectivity index (χ4n) is 2.01. The second-order valence-corrected chi connectivity index (χ2v) is 5.03. The number of hydrogen-bond acceptors (Lipinski definition) is 4. The van der Waals surface area contributed by atoms with Crippen molar-refractivity contribution in [2.24, 2.45) is 16.8 Å². The van der Waals surface area contributed by atoms with E-state index in [0.717, 1.165) is 25.7 Å². The van der Waals surface area contributed by atoms with Crippen molar-refractivity contribution in [1.82, 2.24) is 5.32 Å². The fourth-order valence-corrected chi connectivity index (χ4v) is 2.01. The molecule has 1 atom stereocenters. The standard InChI is InChI=1S/C11H23N3O2/c1-8-3-5-11(15,6-4-8)7-13-9(2)10(12)14-16/h8-9,13,15-16H,3-7H2,1-2H3,(H2,12,14). The number of amidine groups is 1. The molecule has 1 aliphatic carbocycles. The molecule has 5 heteroatoms. The van der Waals surface area contributed by atoms with Crippen LogP contribution in [0.25, 0.3) is 0 Å². The van der Waals surface area contributed by atoms with Crippen molar-refractivity contribution in [2.75, 3.05) is 6.54 Å². The predicted molar refractivity (Wildman–Crippen MR) is 63.5 cm³/mol. The second-order valence-electron chi connectivity index (χ2n) is 5.03. The molecule has 0 aromatic carbocycles. The van der Waals surface area contributed by atoms with E-state index in [4.69, 9.17) is 10.9 Å². The van der Waals surface area contributed by atoms with E-state index in [1.807, 2.05) is 6.92 Å². The Morgan fingerprint density at radius 3 is 2.62 bits per heavy atom. The lowest BCUT2D eigenvalue weighted by atomic mass is 9.79. The van der Waals surface area contributed by atoms with Gasteiger partial charge in [-0.1, -0.05) is 12.1 Å². The van der Waals surface area contributed by atoms with Crippen molar-refractivity contribution >= 4 is 5.84 Å². The van der Waals surface area contributed by atoms with Crippen molar-refractivity contribution in [1.29, 1.82) is 0 Å². The van der Waals surface area contributed by atoms with Gasteiger partial charge in [0.15, 0.2) is 5.84 Å². The summed E-state index contributed by atoms with van der Waals surface area (Å²) >= 11 is 0. The SMILES string of the molecule is CC1CCC(O)(CNC(C)C(N)=NO)CC1. The molecule has 0 aromatic rings. The number of nitrogens with zero attached hydrogens (tertiary/aromatic N) is 1. The fraction of sp³-hybridized carbons (Fsp3) is 0.909. The van der Waals surface area contributed by atoms with Crippen LogP contribution < -0.4 is 11.1 Å². The number of rotatable bonds is 4. The van der Waals surface area contributed by atoms with Gasteiger partial charge in [0.05, 0.1) is 11.6 Å². The zero-order valence-corrected chi connectivity index (χ0v) is 10.1. The van der Waals surface area contributed by atoms with Crippen LogP contribution >= 0.6 is 0 Å². The van der Waals surface area contributed by atoms with E-state index in [1.165, 1.54) is 0 Å². The molecule has 0 bridgehead atoms. The maximum Gasteiger partial charge on any atom is 0.156 e. The minimum absolute atomic E-state index is 0.146. The number of nitrogens with two attached hydrogens (primary N) is 1. The van der Waals surface area contributed by atoms with Crippen molar-refractivity contribution in [3.8, 4) is 0 Å². The summed E-state index contributed by atoms with van der Waals surface area (Å²) in [6, 6.07) is -0.214. The molecule has 0 aromatic heterocycles. The molecule has 0 amide bonds. The molecule has 0 spiro atoms. The number of hydrogen-bond donors (Lipinski definition) is 4. The lowest BCUT2D eigenvalue weighted by Gasteiger charge is -2.35. The summed E-state index contributed by atoms with van der Waals surface area (Å²) in [6.45, 7) is 4.52. The van der Waals surface area contributed by atoms with Crippen molar-refractivity contribution in [3.05, 3.63) is 0 Å². The van der Waals surface area contributed by atoms with Crippen LogP contribution in [-0.2, 0) is 0 Å². The molecule has 5 N–H and O–H groups in total. The highest BCUT2D eigenvalue weighted by Crippen LogP contribution is 2.31. The van der Waals surface area contributed by atoms with E-state index in [2.05, 4.69) is 17.4 Å². The number of oxime groups is 1. The minimum atomic E-state index is -0.628. The van der Waals surface area contributed by atoms with Crippen molar-refractivity contribution < 1.29 is 10.3 Å². The third kappa shape index (κ3) is 3.64. The van der Waals surface area contributed by atoms with Gasteiger partial charge in [0.2, 0.25) is 0 Å². The van der Waals surface area contributed by atoms with Gasteiger partial charge in [0.25, 0.3) is 0 Å². The molecule has 1 unspecified atom stereocenters. The van der Waals surface area contributed by atoms with Crippen LogP contribution in [-0.4, -0.2) is 34.3 Å². The second kappa shape index (κ2) is 5.50. The maximum atomic E-state index is 10.3. The van der Waals surface area contributed by atoms with Crippen LogP contribution in [0.5, 0.6) is 0 Å². The Bertz CT molecular complexity index is 248. The zero-order valence-electron chi connectivity index (χ0n) is 10.1. The quantitative estimate of drug-likeness (QED) is 0.246. The topological polar surface area (TPSA) is 90.9 Å². The van der Waals surface area contributed by atoms with Gasteiger partial charge < -0.3 is 21.4 Å². The average Bonchev–Trinajstić information content (AvgIpc) is 2.29. The molecule has 0 heterocycles. The zero-order chi connectivity index (χ0) is 12.2. The van der Waals surface area contributed by atoms with Gasteiger partial charge in [-0.25, -0.2) is 0 Å². The Morgan fingerprint density at radius 1 is 1.56 bits per heavy atom. The lowest BCUT2D eigenvalue weighted by molar-refractivity contribution is -0.00662. The third-order valence-electron chi connectivity index (χ3n) is 3.50. The van der Waals surface area contributed by atoms with Crippen LogP contribution in [0, 0.1) is 5.92 Å². The van der Waals surface area contributed by atoms with E-state index in [0.29, 0.717) is 12.5 Å². The monoisotopic (exact) mass is 229 g/mol. The van der Waals surface area contributed by atoms with Gasteiger partial charge in [-0.3, -0.25) is 0 Å². The predicted octanol–water partition coefficient (Wildman–Crippen LogP) is 0.652. The van der Waals surface area contributed by atoms with Crippen LogP contribution in [0.3, 0.4) is 0 Å². The molecule has 0 saturated heterocycles.